The standard InChI is InChI=1S/C19H15N5O2/c1-25-14-6-15-18(12(8-20)9-21-19(15)17(7-14)26-2)23-13-4-3-11-10-22-24-16(11)5-13/h3-7,9-10H,1-2H3,(H,21,23)(H,22,24). The Balaban J connectivity index is 1.92. The van der Waals surface area contributed by atoms with Crippen LogP contribution >= 0.6 is 0 Å². The largest absolute Gasteiger partial charge is 0.497 e. The lowest BCUT2D eigenvalue weighted by atomic mass is 10.1. The molecule has 2 heterocycles. The van der Waals surface area contributed by atoms with Crippen LogP contribution < -0.4 is 14.8 Å². The molecule has 0 bridgehead atoms. The molecule has 7 heteroatoms. The number of benzene rings is 2. The SMILES string of the molecule is COc1cc(OC)c2ncc(C#N)c(Nc3ccc4cn[nH]c4c3)c2c1. The van der Waals surface area contributed by atoms with Crippen molar-refractivity contribution in [2.75, 3.05) is 19.5 Å². The van der Waals surface area contributed by atoms with Crippen LogP contribution in [0.1, 0.15) is 5.56 Å². The number of nitrogens with one attached hydrogen (secondary N) is 2. The summed E-state index contributed by atoms with van der Waals surface area (Å²) in [5.41, 5.74) is 3.46. The summed E-state index contributed by atoms with van der Waals surface area (Å²) in [6.07, 6.45) is 3.30. The number of rotatable bonds is 4. The molecule has 26 heavy (non-hydrogen) atoms. The Morgan fingerprint density at radius 2 is 2.00 bits per heavy atom. The van der Waals surface area contributed by atoms with Crippen LogP contribution in [0.15, 0.2) is 42.7 Å². The summed E-state index contributed by atoms with van der Waals surface area (Å²) in [6.45, 7) is 0. The molecular weight excluding hydrogens is 330 g/mol. The van der Waals surface area contributed by atoms with Crippen molar-refractivity contribution in [2.45, 2.75) is 0 Å². The van der Waals surface area contributed by atoms with Crippen LogP contribution in [0.5, 0.6) is 11.5 Å². The van der Waals surface area contributed by atoms with Crippen LogP contribution in [0.2, 0.25) is 0 Å². The number of aromatic amines is 1. The van der Waals surface area contributed by atoms with E-state index in [0.29, 0.717) is 28.3 Å². The molecule has 0 fully saturated rings. The van der Waals surface area contributed by atoms with E-state index in [-0.39, 0.29) is 0 Å². The maximum atomic E-state index is 9.54. The number of ether oxygens (including phenoxy) is 2. The molecule has 0 unspecified atom stereocenters. The molecule has 128 valence electrons. The van der Waals surface area contributed by atoms with Gasteiger partial charge in [-0.2, -0.15) is 10.4 Å². The molecule has 0 aliphatic carbocycles. The third-order valence-electron chi connectivity index (χ3n) is 4.20. The molecule has 0 aliphatic rings. The van der Waals surface area contributed by atoms with E-state index in [1.165, 1.54) is 6.20 Å². The number of hydrogen-bond donors (Lipinski definition) is 2. The summed E-state index contributed by atoms with van der Waals surface area (Å²) in [5, 5.41) is 21.6. The van der Waals surface area contributed by atoms with Gasteiger partial charge in [-0.3, -0.25) is 10.1 Å². The van der Waals surface area contributed by atoms with Gasteiger partial charge in [0.1, 0.15) is 23.1 Å². The zero-order valence-electron chi connectivity index (χ0n) is 14.2. The highest BCUT2D eigenvalue weighted by molar-refractivity contribution is 6.00. The first kappa shape index (κ1) is 15.7. The van der Waals surface area contributed by atoms with Crippen LogP contribution in [-0.4, -0.2) is 29.4 Å². The first-order valence-corrected chi connectivity index (χ1v) is 7.88. The van der Waals surface area contributed by atoms with Crippen molar-refractivity contribution in [1.29, 1.82) is 5.26 Å². The van der Waals surface area contributed by atoms with Gasteiger partial charge in [-0.15, -0.1) is 0 Å². The van der Waals surface area contributed by atoms with Crippen LogP contribution in [-0.2, 0) is 0 Å². The zero-order chi connectivity index (χ0) is 18.1. The molecule has 2 aromatic heterocycles. The molecule has 2 N–H and O–H groups in total. The van der Waals surface area contributed by atoms with Gasteiger partial charge in [-0.25, -0.2) is 0 Å². The number of methoxy groups -OCH3 is 2. The average molecular weight is 345 g/mol. The molecule has 0 atom stereocenters. The first-order valence-electron chi connectivity index (χ1n) is 7.88. The van der Waals surface area contributed by atoms with Gasteiger partial charge in [0.2, 0.25) is 0 Å². The molecular formula is C19H15N5O2. The highest BCUT2D eigenvalue weighted by atomic mass is 16.5. The van der Waals surface area contributed by atoms with Crippen molar-refractivity contribution in [3.8, 4) is 17.6 Å². The third-order valence-corrected chi connectivity index (χ3v) is 4.20. The van der Waals surface area contributed by atoms with E-state index in [9.17, 15) is 5.26 Å². The summed E-state index contributed by atoms with van der Waals surface area (Å²) in [4.78, 5) is 4.38. The smallest absolute Gasteiger partial charge is 0.148 e. The number of fused-ring (bicyclic) bond motifs is 2. The zero-order valence-corrected chi connectivity index (χ0v) is 14.2. The number of aromatic nitrogens is 3. The Bertz CT molecular complexity index is 1160. The number of nitriles is 1. The number of nitrogens with zero attached hydrogens (tertiary/aromatic N) is 3. The van der Waals surface area contributed by atoms with Gasteiger partial charge in [0.15, 0.2) is 0 Å². The molecule has 2 aromatic carbocycles. The highest BCUT2D eigenvalue weighted by Gasteiger charge is 2.15. The number of hydrogen-bond acceptors (Lipinski definition) is 6. The molecule has 0 aliphatic heterocycles. The highest BCUT2D eigenvalue weighted by Crippen LogP contribution is 2.37. The quantitative estimate of drug-likeness (QED) is 0.585. The molecule has 0 saturated carbocycles. The van der Waals surface area contributed by atoms with E-state index in [1.807, 2.05) is 24.3 Å². The van der Waals surface area contributed by atoms with Crippen molar-refractivity contribution < 1.29 is 9.47 Å². The predicted octanol–water partition coefficient (Wildman–Crippen LogP) is 3.74. The first-order chi connectivity index (χ1) is 12.7. The van der Waals surface area contributed by atoms with Gasteiger partial charge in [-0.1, -0.05) is 0 Å². The van der Waals surface area contributed by atoms with Crippen molar-refractivity contribution >= 4 is 33.2 Å². The Labute approximate surface area is 149 Å². The molecule has 0 radical (unpaired) electrons. The molecule has 4 aromatic rings. The second-order valence-electron chi connectivity index (χ2n) is 5.68. The lowest BCUT2D eigenvalue weighted by Crippen LogP contribution is -1.99. The maximum Gasteiger partial charge on any atom is 0.148 e. The Kier molecular flexibility index (Phi) is 3.78. The van der Waals surface area contributed by atoms with Gasteiger partial charge in [0.05, 0.1) is 37.2 Å². The monoisotopic (exact) mass is 345 g/mol. The normalized spacial score (nSPS) is 10.7. The lowest BCUT2D eigenvalue weighted by molar-refractivity contribution is 0.397. The van der Waals surface area contributed by atoms with Crippen molar-refractivity contribution in [3.05, 3.63) is 48.3 Å². The van der Waals surface area contributed by atoms with Gasteiger partial charge in [0, 0.05) is 28.7 Å². The number of anilines is 2. The average Bonchev–Trinajstić information content (AvgIpc) is 3.15. The van der Waals surface area contributed by atoms with Crippen LogP contribution in [0, 0.1) is 11.3 Å². The summed E-state index contributed by atoms with van der Waals surface area (Å²) < 4.78 is 10.8. The van der Waals surface area contributed by atoms with E-state index in [4.69, 9.17) is 9.47 Å². The minimum Gasteiger partial charge on any atom is -0.497 e. The summed E-state index contributed by atoms with van der Waals surface area (Å²) >= 11 is 0. The van der Waals surface area contributed by atoms with E-state index < -0.39 is 0 Å². The molecule has 0 saturated heterocycles. The Morgan fingerprint density at radius 3 is 2.77 bits per heavy atom. The van der Waals surface area contributed by atoms with Gasteiger partial charge < -0.3 is 14.8 Å². The summed E-state index contributed by atoms with van der Waals surface area (Å²) in [5.74, 6) is 1.20. The minimum atomic E-state index is 0.428. The van der Waals surface area contributed by atoms with Gasteiger partial charge in [0.25, 0.3) is 0 Å². The fourth-order valence-corrected chi connectivity index (χ4v) is 2.90. The van der Waals surface area contributed by atoms with Crippen LogP contribution in [0.25, 0.3) is 21.8 Å². The molecule has 0 spiro atoms. The Morgan fingerprint density at radius 1 is 1.12 bits per heavy atom. The van der Waals surface area contributed by atoms with Crippen molar-refractivity contribution in [3.63, 3.8) is 0 Å². The molecule has 0 amide bonds. The second kappa shape index (κ2) is 6.26. The number of pyridine rings is 1. The predicted molar refractivity (Wildman–Crippen MR) is 98.9 cm³/mol. The maximum absolute atomic E-state index is 9.54. The van der Waals surface area contributed by atoms with E-state index >= 15 is 0 Å². The third kappa shape index (κ3) is 2.54. The van der Waals surface area contributed by atoms with Crippen LogP contribution in [0.3, 0.4) is 0 Å². The van der Waals surface area contributed by atoms with Gasteiger partial charge in [-0.05, 0) is 24.3 Å². The summed E-state index contributed by atoms with van der Waals surface area (Å²) in [6, 6.07) is 11.6. The lowest BCUT2D eigenvalue weighted by Gasteiger charge is -2.14. The number of H-pyrrole nitrogens is 1. The van der Waals surface area contributed by atoms with Crippen molar-refractivity contribution in [2.24, 2.45) is 0 Å². The summed E-state index contributed by atoms with van der Waals surface area (Å²) in [7, 11) is 3.16. The fourth-order valence-electron chi connectivity index (χ4n) is 2.90. The molecule has 4 rings (SSSR count). The van der Waals surface area contributed by atoms with E-state index in [2.05, 4.69) is 26.6 Å². The topological polar surface area (TPSA) is 95.8 Å². The van der Waals surface area contributed by atoms with Crippen LogP contribution in [0.4, 0.5) is 11.4 Å². The minimum absolute atomic E-state index is 0.428. The van der Waals surface area contributed by atoms with Crippen molar-refractivity contribution in [1.82, 2.24) is 15.2 Å². The fraction of sp³-hybridized carbons (Fsp3) is 0.105. The second-order valence-corrected chi connectivity index (χ2v) is 5.68. The Hall–Kier alpha value is -3.79. The van der Waals surface area contributed by atoms with E-state index in [0.717, 1.165) is 22.0 Å². The van der Waals surface area contributed by atoms with E-state index in [1.54, 1.807) is 26.5 Å². The van der Waals surface area contributed by atoms with Gasteiger partial charge >= 0.3 is 0 Å². The molecule has 7 nitrogen and oxygen atoms in total.